The van der Waals surface area contributed by atoms with Crippen molar-refractivity contribution >= 4 is 21.6 Å². The SMILES string of the molecule is CN(CC(C)(C)C)c1cc(Br)cc(CN)c1. The van der Waals surface area contributed by atoms with Crippen molar-refractivity contribution in [2.75, 3.05) is 18.5 Å². The van der Waals surface area contributed by atoms with Crippen LogP contribution in [0.25, 0.3) is 0 Å². The van der Waals surface area contributed by atoms with E-state index in [0.717, 1.165) is 16.6 Å². The molecule has 0 bridgehead atoms. The van der Waals surface area contributed by atoms with E-state index in [9.17, 15) is 0 Å². The molecule has 1 aromatic carbocycles. The van der Waals surface area contributed by atoms with Gasteiger partial charge in [0.1, 0.15) is 0 Å². The van der Waals surface area contributed by atoms with Gasteiger partial charge in [0.15, 0.2) is 0 Å². The van der Waals surface area contributed by atoms with E-state index in [1.54, 1.807) is 0 Å². The van der Waals surface area contributed by atoms with Crippen molar-refractivity contribution < 1.29 is 0 Å². The zero-order valence-electron chi connectivity index (χ0n) is 10.5. The molecule has 0 heterocycles. The molecular formula is C13H21BrN2. The van der Waals surface area contributed by atoms with Crippen LogP contribution >= 0.6 is 15.9 Å². The van der Waals surface area contributed by atoms with Crippen LogP contribution in [0.15, 0.2) is 22.7 Å². The van der Waals surface area contributed by atoms with Crippen LogP contribution in [0.4, 0.5) is 5.69 Å². The molecule has 3 heteroatoms. The molecule has 2 N–H and O–H groups in total. The second kappa shape index (κ2) is 5.19. The molecule has 1 aromatic rings. The fourth-order valence-corrected chi connectivity index (χ4v) is 2.30. The van der Waals surface area contributed by atoms with Gasteiger partial charge in [-0.25, -0.2) is 0 Å². The van der Waals surface area contributed by atoms with Crippen LogP contribution < -0.4 is 10.6 Å². The normalized spacial score (nSPS) is 11.6. The number of hydrogen-bond donors (Lipinski definition) is 1. The lowest BCUT2D eigenvalue weighted by Gasteiger charge is -2.28. The van der Waals surface area contributed by atoms with Crippen molar-refractivity contribution in [3.05, 3.63) is 28.2 Å². The Kier molecular flexibility index (Phi) is 4.39. The highest BCUT2D eigenvalue weighted by Crippen LogP contribution is 2.25. The summed E-state index contributed by atoms with van der Waals surface area (Å²) < 4.78 is 1.09. The van der Waals surface area contributed by atoms with Crippen molar-refractivity contribution in [1.29, 1.82) is 0 Å². The number of benzene rings is 1. The van der Waals surface area contributed by atoms with Gasteiger partial charge in [0.2, 0.25) is 0 Å². The molecule has 0 aliphatic carbocycles. The van der Waals surface area contributed by atoms with Gasteiger partial charge in [0.25, 0.3) is 0 Å². The molecule has 0 aliphatic rings. The van der Waals surface area contributed by atoms with E-state index < -0.39 is 0 Å². The Morgan fingerprint density at radius 2 is 1.88 bits per heavy atom. The van der Waals surface area contributed by atoms with Crippen molar-refractivity contribution in [2.45, 2.75) is 27.3 Å². The van der Waals surface area contributed by atoms with E-state index in [0.29, 0.717) is 12.0 Å². The number of hydrogen-bond acceptors (Lipinski definition) is 2. The van der Waals surface area contributed by atoms with Crippen LogP contribution in [-0.2, 0) is 6.54 Å². The zero-order valence-corrected chi connectivity index (χ0v) is 12.1. The molecule has 0 spiro atoms. The lowest BCUT2D eigenvalue weighted by Crippen LogP contribution is -2.29. The van der Waals surface area contributed by atoms with Crippen LogP contribution in [0.5, 0.6) is 0 Å². The van der Waals surface area contributed by atoms with E-state index in [1.165, 1.54) is 5.69 Å². The van der Waals surface area contributed by atoms with Gasteiger partial charge in [0, 0.05) is 30.3 Å². The smallest absolute Gasteiger partial charge is 0.0378 e. The Balaban J connectivity index is 2.90. The van der Waals surface area contributed by atoms with Crippen LogP contribution in [0.1, 0.15) is 26.3 Å². The average Bonchev–Trinajstić information content (AvgIpc) is 2.14. The summed E-state index contributed by atoms with van der Waals surface area (Å²) in [4.78, 5) is 2.27. The summed E-state index contributed by atoms with van der Waals surface area (Å²) in [6.45, 7) is 8.32. The van der Waals surface area contributed by atoms with Crippen LogP contribution in [0, 0.1) is 5.41 Å². The number of nitrogens with zero attached hydrogens (tertiary/aromatic N) is 1. The Bertz CT molecular complexity index is 355. The van der Waals surface area contributed by atoms with Gasteiger partial charge in [-0.2, -0.15) is 0 Å². The molecule has 0 radical (unpaired) electrons. The quantitative estimate of drug-likeness (QED) is 0.922. The summed E-state index contributed by atoms with van der Waals surface area (Å²) in [5.41, 5.74) is 8.34. The summed E-state index contributed by atoms with van der Waals surface area (Å²) in [7, 11) is 2.12. The van der Waals surface area contributed by atoms with Gasteiger partial charge in [-0.15, -0.1) is 0 Å². The minimum atomic E-state index is 0.292. The highest BCUT2D eigenvalue weighted by Gasteiger charge is 2.14. The van der Waals surface area contributed by atoms with Crippen LogP contribution in [-0.4, -0.2) is 13.6 Å². The first-order chi connectivity index (χ1) is 7.31. The Morgan fingerprint density at radius 3 is 2.38 bits per heavy atom. The summed E-state index contributed by atoms with van der Waals surface area (Å²) in [6, 6.07) is 6.34. The predicted molar refractivity (Wildman–Crippen MR) is 74.8 cm³/mol. The van der Waals surface area contributed by atoms with E-state index in [1.807, 2.05) is 0 Å². The molecule has 0 fully saturated rings. The molecule has 1 rings (SSSR count). The minimum absolute atomic E-state index is 0.292. The maximum atomic E-state index is 5.68. The van der Waals surface area contributed by atoms with Gasteiger partial charge in [-0.1, -0.05) is 36.7 Å². The first kappa shape index (κ1) is 13.5. The van der Waals surface area contributed by atoms with Gasteiger partial charge in [0.05, 0.1) is 0 Å². The Labute approximate surface area is 107 Å². The third-order valence-corrected chi connectivity index (χ3v) is 2.79. The maximum absolute atomic E-state index is 5.68. The number of anilines is 1. The second-order valence-electron chi connectivity index (χ2n) is 5.44. The fourth-order valence-electron chi connectivity index (χ4n) is 1.77. The second-order valence-corrected chi connectivity index (χ2v) is 6.35. The highest BCUT2D eigenvalue weighted by molar-refractivity contribution is 9.10. The number of nitrogens with two attached hydrogens (primary N) is 1. The summed E-state index contributed by atoms with van der Waals surface area (Å²) >= 11 is 3.52. The maximum Gasteiger partial charge on any atom is 0.0378 e. The van der Waals surface area contributed by atoms with Gasteiger partial charge < -0.3 is 10.6 Å². The molecule has 0 aliphatic heterocycles. The average molecular weight is 285 g/mol. The molecule has 2 nitrogen and oxygen atoms in total. The molecule has 0 unspecified atom stereocenters. The minimum Gasteiger partial charge on any atom is -0.374 e. The van der Waals surface area contributed by atoms with E-state index >= 15 is 0 Å². The van der Waals surface area contributed by atoms with E-state index in [4.69, 9.17) is 5.73 Å². The number of rotatable bonds is 3. The molecule has 16 heavy (non-hydrogen) atoms. The zero-order chi connectivity index (χ0) is 12.3. The first-order valence-electron chi connectivity index (χ1n) is 5.52. The fraction of sp³-hybridized carbons (Fsp3) is 0.538. The van der Waals surface area contributed by atoms with E-state index in [-0.39, 0.29) is 0 Å². The number of halogens is 1. The molecule has 0 amide bonds. The third-order valence-electron chi connectivity index (χ3n) is 2.33. The van der Waals surface area contributed by atoms with Gasteiger partial charge >= 0.3 is 0 Å². The van der Waals surface area contributed by atoms with Crippen LogP contribution in [0.3, 0.4) is 0 Å². The Morgan fingerprint density at radius 1 is 1.25 bits per heavy atom. The van der Waals surface area contributed by atoms with Crippen molar-refractivity contribution in [1.82, 2.24) is 0 Å². The van der Waals surface area contributed by atoms with Crippen molar-refractivity contribution in [3.63, 3.8) is 0 Å². The Hall–Kier alpha value is -0.540. The van der Waals surface area contributed by atoms with Crippen LogP contribution in [0.2, 0.25) is 0 Å². The predicted octanol–water partition coefficient (Wildman–Crippen LogP) is 3.39. The van der Waals surface area contributed by atoms with E-state index in [2.05, 4.69) is 66.8 Å². The van der Waals surface area contributed by atoms with Crippen molar-refractivity contribution in [3.8, 4) is 0 Å². The molecule has 0 saturated heterocycles. The topological polar surface area (TPSA) is 29.3 Å². The van der Waals surface area contributed by atoms with Gasteiger partial charge in [-0.05, 0) is 29.2 Å². The highest BCUT2D eigenvalue weighted by atomic mass is 79.9. The first-order valence-corrected chi connectivity index (χ1v) is 6.32. The molecule has 90 valence electrons. The summed E-state index contributed by atoms with van der Waals surface area (Å²) in [5.74, 6) is 0. The van der Waals surface area contributed by atoms with Crippen molar-refractivity contribution in [2.24, 2.45) is 11.1 Å². The lowest BCUT2D eigenvalue weighted by atomic mass is 9.96. The molecule has 0 saturated carbocycles. The summed E-state index contributed by atoms with van der Waals surface area (Å²) in [5, 5.41) is 0. The summed E-state index contributed by atoms with van der Waals surface area (Å²) in [6.07, 6.45) is 0. The standard InChI is InChI=1S/C13H21BrN2/c1-13(2,3)9-16(4)12-6-10(8-15)5-11(14)7-12/h5-7H,8-9,15H2,1-4H3. The molecule has 0 atom stereocenters. The van der Waals surface area contributed by atoms with Gasteiger partial charge in [-0.3, -0.25) is 0 Å². The lowest BCUT2D eigenvalue weighted by molar-refractivity contribution is 0.419. The largest absolute Gasteiger partial charge is 0.374 e. The molecular weight excluding hydrogens is 264 g/mol. The molecule has 0 aromatic heterocycles. The monoisotopic (exact) mass is 284 g/mol. The third kappa shape index (κ3) is 4.14.